The summed E-state index contributed by atoms with van der Waals surface area (Å²) >= 11 is 6.30. The van der Waals surface area contributed by atoms with E-state index in [2.05, 4.69) is 17.0 Å². The van der Waals surface area contributed by atoms with E-state index in [1.807, 2.05) is 67.2 Å². The van der Waals surface area contributed by atoms with Crippen molar-refractivity contribution in [3.05, 3.63) is 64.7 Å². The molecule has 2 amide bonds. The van der Waals surface area contributed by atoms with E-state index < -0.39 is 0 Å². The smallest absolute Gasteiger partial charge is 0.312 e. The normalized spacial score (nSPS) is 17.2. The van der Waals surface area contributed by atoms with E-state index in [9.17, 15) is 4.79 Å². The van der Waals surface area contributed by atoms with Crippen molar-refractivity contribution in [3.8, 4) is 0 Å². The highest BCUT2D eigenvalue weighted by Gasteiger charge is 2.37. The molecular weight excluding hydrogens is 334 g/mol. The van der Waals surface area contributed by atoms with Crippen LogP contribution in [-0.2, 0) is 0 Å². The highest BCUT2D eigenvalue weighted by Crippen LogP contribution is 2.41. The summed E-state index contributed by atoms with van der Waals surface area (Å²) in [6.45, 7) is 4.10. The number of amides is 2. The minimum absolute atomic E-state index is 0.0491. The zero-order valence-electron chi connectivity index (χ0n) is 14.9. The number of rotatable bonds is 5. The van der Waals surface area contributed by atoms with Crippen molar-refractivity contribution in [3.63, 3.8) is 0 Å². The van der Waals surface area contributed by atoms with E-state index >= 15 is 0 Å². The van der Waals surface area contributed by atoms with Gasteiger partial charge in [0.25, 0.3) is 0 Å². The fourth-order valence-corrected chi connectivity index (χ4v) is 3.54. The van der Waals surface area contributed by atoms with Crippen molar-refractivity contribution < 1.29 is 4.79 Å². The van der Waals surface area contributed by atoms with Gasteiger partial charge in [-0.15, -0.1) is 0 Å². The maximum absolute atomic E-state index is 13.2. The largest absolute Gasteiger partial charge is 0.325 e. The third kappa shape index (κ3) is 3.51. The second-order valence-electron chi connectivity index (χ2n) is 6.54. The van der Waals surface area contributed by atoms with Crippen LogP contribution in [0.4, 0.5) is 10.5 Å². The van der Waals surface area contributed by atoms with Crippen molar-refractivity contribution >= 4 is 23.3 Å². The molecule has 2 aromatic rings. The summed E-state index contributed by atoms with van der Waals surface area (Å²) in [6, 6.07) is 15.9. The van der Waals surface area contributed by atoms with E-state index in [4.69, 9.17) is 11.6 Å². The fourth-order valence-electron chi connectivity index (χ4n) is 3.36. The SMILES string of the molecule is CCN1C(=O)N(CCN(C)C)C(c2ccccc2)c2cc(Cl)ccc21. The van der Waals surface area contributed by atoms with Crippen molar-refractivity contribution in [1.29, 1.82) is 0 Å². The van der Waals surface area contributed by atoms with Gasteiger partial charge in [-0.1, -0.05) is 41.9 Å². The Morgan fingerprint density at radius 1 is 1.12 bits per heavy atom. The number of hydrogen-bond acceptors (Lipinski definition) is 2. The van der Waals surface area contributed by atoms with Crippen LogP contribution < -0.4 is 4.90 Å². The van der Waals surface area contributed by atoms with Crippen molar-refractivity contribution in [1.82, 2.24) is 9.80 Å². The Hall–Kier alpha value is -2.04. The van der Waals surface area contributed by atoms with Gasteiger partial charge in [-0.25, -0.2) is 4.79 Å². The Morgan fingerprint density at radius 3 is 2.48 bits per heavy atom. The lowest BCUT2D eigenvalue weighted by Crippen LogP contribution is -2.51. The molecule has 5 heteroatoms. The Labute approximate surface area is 154 Å². The first kappa shape index (κ1) is 17.8. The van der Waals surface area contributed by atoms with E-state index in [0.29, 0.717) is 18.1 Å². The molecule has 0 aliphatic carbocycles. The fraction of sp³-hybridized carbons (Fsp3) is 0.350. The zero-order chi connectivity index (χ0) is 18.0. The molecule has 0 radical (unpaired) electrons. The lowest BCUT2D eigenvalue weighted by Gasteiger charge is -2.43. The molecule has 1 aliphatic heterocycles. The molecule has 0 saturated heterocycles. The number of carbonyl (C=O) groups is 1. The van der Waals surface area contributed by atoms with Crippen LogP contribution in [0, 0.1) is 0 Å². The van der Waals surface area contributed by atoms with Crippen LogP contribution >= 0.6 is 11.6 Å². The van der Waals surface area contributed by atoms with Crippen molar-refractivity contribution in [2.45, 2.75) is 13.0 Å². The molecule has 0 spiro atoms. The van der Waals surface area contributed by atoms with Crippen LogP contribution in [0.25, 0.3) is 0 Å². The summed E-state index contributed by atoms with van der Waals surface area (Å²) in [5.41, 5.74) is 3.14. The number of carbonyl (C=O) groups excluding carboxylic acids is 1. The molecule has 4 nitrogen and oxygen atoms in total. The minimum Gasteiger partial charge on any atom is -0.312 e. The molecule has 0 aromatic heterocycles. The summed E-state index contributed by atoms with van der Waals surface area (Å²) in [5.74, 6) is 0. The second-order valence-corrected chi connectivity index (χ2v) is 6.98. The van der Waals surface area contributed by atoms with Gasteiger partial charge in [0.05, 0.1) is 11.7 Å². The predicted molar refractivity (Wildman–Crippen MR) is 103 cm³/mol. The number of fused-ring (bicyclic) bond motifs is 1. The topological polar surface area (TPSA) is 26.8 Å². The molecule has 0 N–H and O–H groups in total. The van der Waals surface area contributed by atoms with Crippen LogP contribution in [0.15, 0.2) is 48.5 Å². The lowest BCUT2D eigenvalue weighted by atomic mass is 9.93. The third-order valence-electron chi connectivity index (χ3n) is 4.58. The van der Waals surface area contributed by atoms with Crippen LogP contribution in [-0.4, -0.2) is 49.6 Å². The molecule has 1 aliphatic rings. The number of nitrogens with zero attached hydrogens (tertiary/aromatic N) is 3. The molecule has 1 heterocycles. The third-order valence-corrected chi connectivity index (χ3v) is 4.82. The summed E-state index contributed by atoms with van der Waals surface area (Å²) in [4.78, 5) is 19.1. The van der Waals surface area contributed by atoms with Crippen LogP contribution in [0.1, 0.15) is 24.1 Å². The molecule has 132 valence electrons. The highest BCUT2D eigenvalue weighted by atomic mass is 35.5. The van der Waals surface area contributed by atoms with Crippen LogP contribution in [0.3, 0.4) is 0 Å². The molecule has 0 saturated carbocycles. The molecule has 0 fully saturated rings. The average molecular weight is 358 g/mol. The Kier molecular flexibility index (Phi) is 5.30. The van der Waals surface area contributed by atoms with Crippen molar-refractivity contribution in [2.24, 2.45) is 0 Å². The van der Waals surface area contributed by atoms with Gasteiger partial charge in [0.15, 0.2) is 0 Å². The van der Waals surface area contributed by atoms with Gasteiger partial charge in [0.1, 0.15) is 0 Å². The summed E-state index contributed by atoms with van der Waals surface area (Å²) in [5, 5.41) is 0.692. The second kappa shape index (κ2) is 7.46. The maximum Gasteiger partial charge on any atom is 0.325 e. The van der Waals surface area contributed by atoms with Gasteiger partial charge < -0.3 is 9.80 Å². The van der Waals surface area contributed by atoms with Gasteiger partial charge in [-0.05, 0) is 44.8 Å². The number of anilines is 1. The van der Waals surface area contributed by atoms with Crippen molar-refractivity contribution in [2.75, 3.05) is 38.6 Å². The Balaban J connectivity index is 2.14. The van der Waals surface area contributed by atoms with E-state index in [1.54, 1.807) is 0 Å². The average Bonchev–Trinajstić information content (AvgIpc) is 2.60. The molecule has 1 unspecified atom stereocenters. The first-order valence-electron chi connectivity index (χ1n) is 8.60. The number of benzene rings is 2. The minimum atomic E-state index is -0.120. The molecule has 3 rings (SSSR count). The van der Waals surface area contributed by atoms with Gasteiger partial charge >= 0.3 is 6.03 Å². The molecular formula is C20H24ClN3O. The Morgan fingerprint density at radius 2 is 1.84 bits per heavy atom. The monoisotopic (exact) mass is 357 g/mol. The van der Waals surface area contributed by atoms with E-state index in [1.165, 1.54) is 0 Å². The summed E-state index contributed by atoms with van der Waals surface area (Å²) < 4.78 is 0. The Bertz CT molecular complexity index is 748. The summed E-state index contributed by atoms with van der Waals surface area (Å²) in [6.07, 6.45) is 0. The van der Waals surface area contributed by atoms with Crippen LogP contribution in [0.5, 0.6) is 0 Å². The maximum atomic E-state index is 13.2. The molecule has 1 atom stereocenters. The number of hydrogen-bond donors (Lipinski definition) is 0. The molecule has 25 heavy (non-hydrogen) atoms. The quantitative estimate of drug-likeness (QED) is 0.799. The zero-order valence-corrected chi connectivity index (χ0v) is 15.7. The lowest BCUT2D eigenvalue weighted by molar-refractivity contribution is 0.179. The first-order chi connectivity index (χ1) is 12.0. The summed E-state index contributed by atoms with van der Waals surface area (Å²) in [7, 11) is 4.04. The van der Waals surface area contributed by atoms with Gasteiger partial charge in [-0.3, -0.25) is 4.90 Å². The highest BCUT2D eigenvalue weighted by molar-refractivity contribution is 6.30. The van der Waals surface area contributed by atoms with E-state index in [-0.39, 0.29) is 12.1 Å². The van der Waals surface area contributed by atoms with Crippen LogP contribution in [0.2, 0.25) is 5.02 Å². The van der Waals surface area contributed by atoms with Gasteiger partial charge in [0, 0.05) is 30.2 Å². The number of likely N-dealkylation sites (N-methyl/N-ethyl adjacent to an activating group) is 1. The number of halogens is 1. The van der Waals surface area contributed by atoms with E-state index in [0.717, 1.165) is 23.4 Å². The molecule has 0 bridgehead atoms. The molecule has 2 aromatic carbocycles. The predicted octanol–water partition coefficient (Wildman–Crippen LogP) is 4.25. The standard InChI is InChI=1S/C20H24ClN3O/c1-4-23-18-11-10-16(21)14-17(18)19(15-8-6-5-7-9-15)24(20(23)25)13-12-22(2)3/h5-11,14,19H,4,12-13H2,1-3H3. The van der Waals surface area contributed by atoms with Gasteiger partial charge in [-0.2, -0.15) is 0 Å². The first-order valence-corrected chi connectivity index (χ1v) is 8.98. The van der Waals surface area contributed by atoms with Gasteiger partial charge in [0.2, 0.25) is 0 Å². The number of urea groups is 1.